The Bertz CT molecular complexity index is 710. The van der Waals surface area contributed by atoms with Gasteiger partial charge in [-0.25, -0.2) is 0 Å². The third kappa shape index (κ3) is 2.85. The zero-order chi connectivity index (χ0) is 18.6. The Morgan fingerprint density at radius 2 is 1.85 bits per heavy atom. The van der Waals surface area contributed by atoms with E-state index in [2.05, 4.69) is 42.2 Å². The molecule has 1 heterocycles. The first-order valence-electron chi connectivity index (χ1n) is 11.1. The molecule has 4 aliphatic rings. The molecule has 1 aliphatic heterocycles. The van der Waals surface area contributed by atoms with Gasteiger partial charge in [0.25, 0.3) is 0 Å². The number of benzene rings is 1. The minimum atomic E-state index is 0.261. The van der Waals surface area contributed by atoms with Gasteiger partial charge in [-0.15, -0.1) is 0 Å². The molecular formula is C24H34N2O. The van der Waals surface area contributed by atoms with E-state index in [9.17, 15) is 4.79 Å². The highest BCUT2D eigenvalue weighted by Gasteiger charge is 2.59. The number of piperidine rings is 1. The SMILES string of the molecule is C[C@]12CC3CC(C(=O)N4CCC(N)CC4)C1CC[C@@](c1ccccc1)(C3)C2. The molecule has 1 amide bonds. The predicted octanol–water partition coefficient (Wildman–Crippen LogP) is 4.11. The zero-order valence-corrected chi connectivity index (χ0v) is 16.7. The van der Waals surface area contributed by atoms with E-state index in [1.165, 1.54) is 32.1 Å². The Kier molecular flexibility index (Phi) is 4.16. The lowest BCUT2D eigenvalue weighted by Gasteiger charge is -2.63. The molecule has 3 bridgehead atoms. The monoisotopic (exact) mass is 366 g/mol. The Morgan fingerprint density at radius 3 is 2.59 bits per heavy atom. The zero-order valence-electron chi connectivity index (χ0n) is 16.7. The topological polar surface area (TPSA) is 46.3 Å². The summed E-state index contributed by atoms with van der Waals surface area (Å²) in [5, 5.41) is 0. The number of rotatable bonds is 2. The minimum absolute atomic E-state index is 0.261. The summed E-state index contributed by atoms with van der Waals surface area (Å²) in [6.07, 6.45) is 9.46. The summed E-state index contributed by atoms with van der Waals surface area (Å²) in [7, 11) is 0. The lowest BCUT2D eigenvalue weighted by molar-refractivity contribution is -0.154. The van der Waals surface area contributed by atoms with E-state index in [0.29, 0.717) is 34.6 Å². The molecule has 3 nitrogen and oxygen atoms in total. The molecule has 3 saturated carbocycles. The average Bonchev–Trinajstić information content (AvgIpc) is 2.66. The van der Waals surface area contributed by atoms with Gasteiger partial charge in [-0.3, -0.25) is 4.79 Å². The summed E-state index contributed by atoms with van der Waals surface area (Å²) < 4.78 is 0. The second-order valence-corrected chi connectivity index (χ2v) is 10.4. The van der Waals surface area contributed by atoms with Crippen LogP contribution in [0, 0.1) is 23.2 Å². The van der Waals surface area contributed by atoms with Gasteiger partial charge in [0.2, 0.25) is 5.91 Å². The first kappa shape index (κ1) is 17.7. The fourth-order valence-corrected chi connectivity index (χ4v) is 7.61. The van der Waals surface area contributed by atoms with E-state index in [4.69, 9.17) is 5.73 Å². The van der Waals surface area contributed by atoms with Crippen LogP contribution in [0.4, 0.5) is 0 Å². The Labute approximate surface area is 163 Å². The number of hydrogen-bond donors (Lipinski definition) is 1. The highest BCUT2D eigenvalue weighted by atomic mass is 16.2. The molecule has 146 valence electrons. The molecule has 3 unspecified atom stereocenters. The summed E-state index contributed by atoms with van der Waals surface area (Å²) in [5.41, 5.74) is 8.31. The molecule has 5 atom stereocenters. The Hall–Kier alpha value is -1.35. The van der Waals surface area contributed by atoms with Crippen molar-refractivity contribution in [2.24, 2.45) is 28.9 Å². The number of hydrogen-bond acceptors (Lipinski definition) is 2. The summed E-state index contributed by atoms with van der Waals surface area (Å²) in [6, 6.07) is 11.5. The van der Waals surface area contributed by atoms with Crippen molar-refractivity contribution >= 4 is 5.91 Å². The second kappa shape index (κ2) is 6.34. The van der Waals surface area contributed by atoms with E-state index in [1.54, 1.807) is 5.56 Å². The third-order valence-electron chi connectivity index (χ3n) is 8.63. The van der Waals surface area contributed by atoms with Crippen molar-refractivity contribution < 1.29 is 4.79 Å². The van der Waals surface area contributed by atoms with Crippen molar-refractivity contribution in [1.29, 1.82) is 0 Å². The van der Waals surface area contributed by atoms with Crippen LogP contribution in [0.1, 0.15) is 63.9 Å². The van der Waals surface area contributed by atoms with E-state index in [1.807, 2.05) is 0 Å². The second-order valence-electron chi connectivity index (χ2n) is 10.4. The van der Waals surface area contributed by atoms with Crippen LogP contribution in [0.25, 0.3) is 0 Å². The first-order chi connectivity index (χ1) is 13.0. The van der Waals surface area contributed by atoms with Crippen molar-refractivity contribution in [3.63, 3.8) is 0 Å². The standard InChI is InChI=1S/C24H34N2O/c1-23-14-17-13-20(22(27)26-11-8-19(25)9-12-26)21(23)7-10-24(15-17,16-23)18-5-3-2-4-6-18/h2-6,17,19-21H,7-16,25H2,1H3/t17?,20?,21?,23-,24-/m1/s1. The van der Waals surface area contributed by atoms with Gasteiger partial charge >= 0.3 is 0 Å². The number of fused-ring (bicyclic) bond motifs is 2. The van der Waals surface area contributed by atoms with Gasteiger partial charge in [-0.1, -0.05) is 37.3 Å². The molecule has 1 saturated heterocycles. The maximum atomic E-state index is 13.5. The van der Waals surface area contributed by atoms with E-state index in [-0.39, 0.29) is 5.92 Å². The van der Waals surface area contributed by atoms with E-state index in [0.717, 1.165) is 32.4 Å². The third-order valence-corrected chi connectivity index (χ3v) is 8.63. The highest BCUT2D eigenvalue weighted by Crippen LogP contribution is 2.66. The van der Waals surface area contributed by atoms with Crippen LogP contribution < -0.4 is 5.73 Å². The number of carbonyl (C=O) groups excluding carboxylic acids is 1. The summed E-state index contributed by atoms with van der Waals surface area (Å²) in [4.78, 5) is 15.6. The normalized spacial score (nSPS) is 41.6. The molecule has 3 aliphatic carbocycles. The van der Waals surface area contributed by atoms with Crippen LogP contribution in [0.2, 0.25) is 0 Å². The number of nitrogens with two attached hydrogens (primary N) is 1. The van der Waals surface area contributed by atoms with Gasteiger partial charge in [0.05, 0.1) is 0 Å². The average molecular weight is 367 g/mol. The quantitative estimate of drug-likeness (QED) is 0.856. The smallest absolute Gasteiger partial charge is 0.225 e. The largest absolute Gasteiger partial charge is 0.342 e. The van der Waals surface area contributed by atoms with Gasteiger partial charge in [-0.2, -0.15) is 0 Å². The molecule has 3 heteroatoms. The molecule has 0 spiro atoms. The van der Waals surface area contributed by atoms with Crippen molar-refractivity contribution in [3.05, 3.63) is 35.9 Å². The maximum Gasteiger partial charge on any atom is 0.225 e. The molecule has 2 N–H and O–H groups in total. The van der Waals surface area contributed by atoms with Crippen LogP contribution in [0.15, 0.2) is 30.3 Å². The number of carbonyl (C=O) groups is 1. The molecule has 1 aromatic carbocycles. The van der Waals surface area contributed by atoms with Crippen LogP contribution >= 0.6 is 0 Å². The first-order valence-corrected chi connectivity index (χ1v) is 11.1. The number of nitrogens with zero attached hydrogens (tertiary/aromatic N) is 1. The van der Waals surface area contributed by atoms with Crippen LogP contribution in [-0.2, 0) is 10.2 Å². The van der Waals surface area contributed by atoms with Crippen molar-refractivity contribution in [3.8, 4) is 0 Å². The van der Waals surface area contributed by atoms with Crippen molar-refractivity contribution in [2.75, 3.05) is 13.1 Å². The minimum Gasteiger partial charge on any atom is -0.342 e. The highest BCUT2D eigenvalue weighted by molar-refractivity contribution is 5.79. The molecule has 1 aromatic rings. The van der Waals surface area contributed by atoms with Crippen LogP contribution in [0.5, 0.6) is 0 Å². The number of likely N-dealkylation sites (tertiary alicyclic amines) is 1. The molecule has 0 aromatic heterocycles. The maximum absolute atomic E-state index is 13.5. The van der Waals surface area contributed by atoms with Gasteiger partial charge in [-0.05, 0) is 79.6 Å². The van der Waals surface area contributed by atoms with Gasteiger partial charge < -0.3 is 10.6 Å². The van der Waals surface area contributed by atoms with Crippen molar-refractivity contribution in [1.82, 2.24) is 4.90 Å². The predicted molar refractivity (Wildman–Crippen MR) is 108 cm³/mol. The molecule has 5 rings (SSSR count). The van der Waals surface area contributed by atoms with Gasteiger partial charge in [0.1, 0.15) is 0 Å². The summed E-state index contributed by atoms with van der Waals surface area (Å²) in [6.45, 7) is 4.25. The Morgan fingerprint density at radius 1 is 1.11 bits per heavy atom. The Balaban J connectivity index is 1.40. The summed E-state index contributed by atoms with van der Waals surface area (Å²) >= 11 is 0. The number of amides is 1. The lowest BCUT2D eigenvalue weighted by Crippen LogP contribution is -2.58. The molecule has 27 heavy (non-hydrogen) atoms. The molecule has 4 fully saturated rings. The summed E-state index contributed by atoms with van der Waals surface area (Å²) in [5.74, 6) is 2.00. The molecular weight excluding hydrogens is 332 g/mol. The van der Waals surface area contributed by atoms with Crippen LogP contribution in [0.3, 0.4) is 0 Å². The van der Waals surface area contributed by atoms with Crippen molar-refractivity contribution in [2.45, 2.75) is 69.7 Å². The molecule has 0 radical (unpaired) electrons. The van der Waals surface area contributed by atoms with Gasteiger partial charge in [0, 0.05) is 25.0 Å². The van der Waals surface area contributed by atoms with Gasteiger partial charge in [0.15, 0.2) is 0 Å². The van der Waals surface area contributed by atoms with E-state index >= 15 is 0 Å². The fraction of sp³-hybridized carbons (Fsp3) is 0.708. The lowest BCUT2D eigenvalue weighted by atomic mass is 9.42. The van der Waals surface area contributed by atoms with E-state index < -0.39 is 0 Å². The van der Waals surface area contributed by atoms with Crippen LogP contribution in [-0.4, -0.2) is 29.9 Å². The fourth-order valence-electron chi connectivity index (χ4n) is 7.61.